The van der Waals surface area contributed by atoms with Gasteiger partial charge in [0.2, 0.25) is 0 Å². The number of ketones is 1. The standard InChI is InChI=1S/C17H25NO2/c1-14(19)15-6-4-5-7-16(15)20-13-12-18-10-8-17(2,3)9-11-18/h4-7H,8-13H2,1-3H3. The Morgan fingerprint density at radius 1 is 1.25 bits per heavy atom. The molecule has 0 saturated carbocycles. The second kappa shape index (κ2) is 6.40. The van der Waals surface area contributed by atoms with E-state index in [4.69, 9.17) is 4.74 Å². The topological polar surface area (TPSA) is 29.5 Å². The van der Waals surface area contributed by atoms with E-state index in [1.165, 1.54) is 12.8 Å². The van der Waals surface area contributed by atoms with Crippen molar-refractivity contribution in [3.8, 4) is 5.75 Å². The zero-order valence-electron chi connectivity index (χ0n) is 12.8. The van der Waals surface area contributed by atoms with Crippen molar-refractivity contribution in [1.29, 1.82) is 0 Å². The van der Waals surface area contributed by atoms with Gasteiger partial charge in [0.25, 0.3) is 0 Å². The van der Waals surface area contributed by atoms with Crippen LogP contribution in [0, 0.1) is 5.41 Å². The first-order chi connectivity index (χ1) is 9.48. The molecule has 0 atom stereocenters. The molecule has 1 fully saturated rings. The van der Waals surface area contributed by atoms with Crippen LogP contribution in [0.3, 0.4) is 0 Å². The number of para-hydroxylation sites is 1. The molecule has 0 N–H and O–H groups in total. The Morgan fingerprint density at radius 3 is 2.55 bits per heavy atom. The molecule has 0 aliphatic carbocycles. The number of likely N-dealkylation sites (tertiary alicyclic amines) is 1. The molecule has 0 amide bonds. The molecule has 1 aromatic carbocycles. The van der Waals surface area contributed by atoms with E-state index in [1.54, 1.807) is 6.92 Å². The minimum Gasteiger partial charge on any atom is -0.491 e. The largest absolute Gasteiger partial charge is 0.491 e. The van der Waals surface area contributed by atoms with Crippen LogP contribution in [-0.4, -0.2) is 36.9 Å². The first-order valence-electron chi connectivity index (χ1n) is 7.43. The van der Waals surface area contributed by atoms with Gasteiger partial charge in [0.1, 0.15) is 12.4 Å². The van der Waals surface area contributed by atoms with Crippen LogP contribution in [-0.2, 0) is 0 Å². The molecule has 2 rings (SSSR count). The van der Waals surface area contributed by atoms with Crippen molar-refractivity contribution >= 4 is 5.78 Å². The number of carbonyl (C=O) groups excluding carboxylic acids is 1. The lowest BCUT2D eigenvalue weighted by atomic mass is 9.83. The van der Waals surface area contributed by atoms with E-state index in [2.05, 4.69) is 18.7 Å². The summed E-state index contributed by atoms with van der Waals surface area (Å²) in [4.78, 5) is 14.0. The molecule has 0 spiro atoms. The molecule has 1 heterocycles. The number of rotatable bonds is 5. The first kappa shape index (κ1) is 15.0. The van der Waals surface area contributed by atoms with Crippen molar-refractivity contribution in [3.05, 3.63) is 29.8 Å². The average molecular weight is 275 g/mol. The van der Waals surface area contributed by atoms with Crippen LogP contribution in [0.2, 0.25) is 0 Å². The fourth-order valence-corrected chi connectivity index (χ4v) is 2.55. The Hall–Kier alpha value is -1.35. The van der Waals surface area contributed by atoms with Gasteiger partial charge in [-0.15, -0.1) is 0 Å². The van der Waals surface area contributed by atoms with Gasteiger partial charge in [-0.1, -0.05) is 26.0 Å². The summed E-state index contributed by atoms with van der Waals surface area (Å²) in [6.07, 6.45) is 2.49. The molecular formula is C17H25NO2. The van der Waals surface area contributed by atoms with E-state index in [0.29, 0.717) is 23.3 Å². The number of carbonyl (C=O) groups is 1. The van der Waals surface area contributed by atoms with Gasteiger partial charge in [0, 0.05) is 6.54 Å². The lowest BCUT2D eigenvalue weighted by molar-refractivity contribution is 0.100. The Bertz CT molecular complexity index is 458. The summed E-state index contributed by atoms with van der Waals surface area (Å²) in [6.45, 7) is 10.1. The smallest absolute Gasteiger partial charge is 0.163 e. The van der Waals surface area contributed by atoms with Crippen LogP contribution in [0.4, 0.5) is 0 Å². The summed E-state index contributed by atoms with van der Waals surface area (Å²) in [7, 11) is 0. The molecule has 0 bridgehead atoms. The molecule has 1 aromatic rings. The van der Waals surface area contributed by atoms with Gasteiger partial charge in [0.15, 0.2) is 5.78 Å². The molecule has 1 aliphatic heterocycles. The van der Waals surface area contributed by atoms with E-state index >= 15 is 0 Å². The van der Waals surface area contributed by atoms with Crippen LogP contribution in [0.1, 0.15) is 44.0 Å². The number of piperidine rings is 1. The van der Waals surface area contributed by atoms with Crippen molar-refractivity contribution in [2.24, 2.45) is 5.41 Å². The highest BCUT2D eigenvalue weighted by molar-refractivity contribution is 5.96. The van der Waals surface area contributed by atoms with E-state index < -0.39 is 0 Å². The number of nitrogens with zero attached hydrogens (tertiary/aromatic N) is 1. The second-order valence-corrected chi connectivity index (χ2v) is 6.41. The minimum absolute atomic E-state index is 0.0559. The van der Waals surface area contributed by atoms with Gasteiger partial charge in [-0.25, -0.2) is 0 Å². The summed E-state index contributed by atoms with van der Waals surface area (Å²) in [5.74, 6) is 0.762. The Labute approximate surface area is 121 Å². The maximum Gasteiger partial charge on any atom is 0.163 e. The molecule has 3 heteroatoms. The highest BCUT2D eigenvalue weighted by Gasteiger charge is 2.24. The third-order valence-electron chi connectivity index (χ3n) is 4.14. The van der Waals surface area contributed by atoms with Gasteiger partial charge in [-0.3, -0.25) is 9.69 Å². The number of hydrogen-bond donors (Lipinski definition) is 0. The van der Waals surface area contributed by atoms with Gasteiger partial charge in [0.05, 0.1) is 5.56 Å². The highest BCUT2D eigenvalue weighted by atomic mass is 16.5. The Balaban J connectivity index is 1.81. The van der Waals surface area contributed by atoms with Crippen LogP contribution < -0.4 is 4.74 Å². The molecule has 0 radical (unpaired) electrons. The lowest BCUT2D eigenvalue weighted by Crippen LogP contribution is -2.39. The van der Waals surface area contributed by atoms with Crippen molar-refractivity contribution in [2.45, 2.75) is 33.6 Å². The molecule has 1 aliphatic rings. The van der Waals surface area contributed by atoms with Crippen LogP contribution in [0.5, 0.6) is 5.75 Å². The fourth-order valence-electron chi connectivity index (χ4n) is 2.55. The van der Waals surface area contributed by atoms with Crippen molar-refractivity contribution < 1.29 is 9.53 Å². The van der Waals surface area contributed by atoms with Crippen molar-refractivity contribution in [2.75, 3.05) is 26.2 Å². The predicted molar refractivity (Wildman–Crippen MR) is 81.4 cm³/mol. The van der Waals surface area contributed by atoms with E-state index in [-0.39, 0.29) is 5.78 Å². The Morgan fingerprint density at radius 2 is 1.90 bits per heavy atom. The molecule has 0 aromatic heterocycles. The monoisotopic (exact) mass is 275 g/mol. The maximum absolute atomic E-state index is 11.5. The third kappa shape index (κ3) is 4.07. The second-order valence-electron chi connectivity index (χ2n) is 6.41. The quantitative estimate of drug-likeness (QED) is 0.771. The van der Waals surface area contributed by atoms with Crippen molar-refractivity contribution in [3.63, 3.8) is 0 Å². The fraction of sp³-hybridized carbons (Fsp3) is 0.588. The Kier molecular flexibility index (Phi) is 4.81. The first-order valence-corrected chi connectivity index (χ1v) is 7.43. The summed E-state index contributed by atoms with van der Waals surface area (Å²) in [5.41, 5.74) is 1.16. The summed E-state index contributed by atoms with van der Waals surface area (Å²) in [6, 6.07) is 7.47. The maximum atomic E-state index is 11.5. The third-order valence-corrected chi connectivity index (χ3v) is 4.14. The van der Waals surface area contributed by atoms with Crippen LogP contribution in [0.15, 0.2) is 24.3 Å². The molecule has 0 unspecified atom stereocenters. The van der Waals surface area contributed by atoms with Gasteiger partial charge in [-0.2, -0.15) is 0 Å². The normalized spacial score (nSPS) is 18.8. The van der Waals surface area contributed by atoms with Gasteiger partial charge < -0.3 is 4.74 Å². The van der Waals surface area contributed by atoms with Gasteiger partial charge >= 0.3 is 0 Å². The van der Waals surface area contributed by atoms with Crippen LogP contribution in [0.25, 0.3) is 0 Å². The zero-order chi connectivity index (χ0) is 14.6. The molecule has 3 nitrogen and oxygen atoms in total. The highest BCUT2D eigenvalue weighted by Crippen LogP contribution is 2.29. The number of Topliss-reactive ketones (excluding diaryl/α,β-unsaturated/α-hetero) is 1. The number of ether oxygens (including phenoxy) is 1. The number of hydrogen-bond acceptors (Lipinski definition) is 3. The summed E-state index contributed by atoms with van der Waals surface area (Å²) < 4.78 is 5.79. The van der Waals surface area contributed by atoms with Gasteiger partial charge in [-0.05, 0) is 50.4 Å². The van der Waals surface area contributed by atoms with E-state index in [0.717, 1.165) is 19.6 Å². The SMILES string of the molecule is CC(=O)c1ccccc1OCCN1CCC(C)(C)CC1. The van der Waals surface area contributed by atoms with Crippen LogP contribution >= 0.6 is 0 Å². The van der Waals surface area contributed by atoms with Crippen molar-refractivity contribution in [1.82, 2.24) is 4.90 Å². The van der Waals surface area contributed by atoms with E-state index in [9.17, 15) is 4.79 Å². The minimum atomic E-state index is 0.0559. The zero-order valence-corrected chi connectivity index (χ0v) is 12.8. The number of benzene rings is 1. The summed E-state index contributed by atoms with van der Waals surface area (Å²) >= 11 is 0. The lowest BCUT2D eigenvalue weighted by Gasteiger charge is -2.36. The molecule has 1 saturated heterocycles. The molecule has 20 heavy (non-hydrogen) atoms. The van der Waals surface area contributed by atoms with E-state index in [1.807, 2.05) is 24.3 Å². The summed E-state index contributed by atoms with van der Waals surface area (Å²) in [5, 5.41) is 0. The predicted octanol–water partition coefficient (Wildman–Crippen LogP) is 3.39. The molecule has 110 valence electrons. The molecular weight excluding hydrogens is 250 g/mol. The average Bonchev–Trinajstić information content (AvgIpc) is 2.41.